The van der Waals surface area contributed by atoms with E-state index in [2.05, 4.69) is 10.3 Å². The number of anilines is 1. The van der Waals surface area contributed by atoms with Crippen molar-refractivity contribution in [2.24, 2.45) is 4.99 Å². The van der Waals surface area contributed by atoms with Crippen LogP contribution in [-0.2, 0) is 9.59 Å². The van der Waals surface area contributed by atoms with Crippen molar-refractivity contribution in [2.75, 3.05) is 11.9 Å². The van der Waals surface area contributed by atoms with Gasteiger partial charge in [0.15, 0.2) is 5.17 Å². The molecule has 1 N–H and O–H groups in total. The van der Waals surface area contributed by atoms with E-state index in [0.717, 1.165) is 23.0 Å². The molecule has 2 aromatic rings. The molecule has 2 aliphatic rings. The predicted octanol–water partition coefficient (Wildman–Crippen LogP) is 4.23. The number of aliphatic imine (C=N–C) groups is 1. The van der Waals surface area contributed by atoms with Crippen molar-refractivity contribution >= 4 is 68.9 Å². The molecular formula is C18H11Cl2N3O2S. The van der Waals surface area contributed by atoms with E-state index in [1.807, 2.05) is 24.3 Å². The van der Waals surface area contributed by atoms with Crippen LogP contribution in [0.15, 0.2) is 52.4 Å². The molecule has 130 valence electrons. The summed E-state index contributed by atoms with van der Waals surface area (Å²) in [4.78, 5) is 31.4. The Bertz CT molecular complexity index is 1010. The van der Waals surface area contributed by atoms with Crippen LogP contribution in [-0.4, -0.2) is 24.0 Å². The van der Waals surface area contributed by atoms with Crippen LogP contribution in [0.4, 0.5) is 11.4 Å². The quantitative estimate of drug-likeness (QED) is 0.724. The summed E-state index contributed by atoms with van der Waals surface area (Å²) in [5.74, 6) is -0.564. The summed E-state index contributed by atoms with van der Waals surface area (Å²) in [6.07, 6.45) is 0. The second-order valence-electron chi connectivity index (χ2n) is 5.69. The van der Waals surface area contributed by atoms with Crippen LogP contribution in [0.25, 0.3) is 5.57 Å². The number of carbonyl (C=O) groups is 2. The lowest BCUT2D eigenvalue weighted by molar-refractivity contribution is -0.116. The van der Waals surface area contributed by atoms with E-state index >= 15 is 0 Å². The van der Waals surface area contributed by atoms with Crippen LogP contribution in [0.5, 0.6) is 0 Å². The highest BCUT2D eigenvalue weighted by Gasteiger charge is 2.37. The van der Waals surface area contributed by atoms with Crippen molar-refractivity contribution in [3.8, 4) is 0 Å². The Hall–Kier alpha value is -2.28. The van der Waals surface area contributed by atoms with E-state index in [9.17, 15) is 9.59 Å². The first-order valence-corrected chi connectivity index (χ1v) is 9.17. The summed E-state index contributed by atoms with van der Waals surface area (Å²) in [6.45, 7) is 0. The molecule has 0 bridgehead atoms. The molecule has 0 aliphatic carbocycles. The van der Waals surface area contributed by atoms with E-state index in [1.165, 1.54) is 4.90 Å². The fourth-order valence-corrected chi connectivity index (χ4v) is 4.29. The Balaban J connectivity index is 1.76. The van der Waals surface area contributed by atoms with Gasteiger partial charge in [0.1, 0.15) is 0 Å². The minimum atomic E-state index is -0.352. The second-order valence-corrected chi connectivity index (χ2v) is 7.56. The Kier molecular flexibility index (Phi) is 4.26. The van der Waals surface area contributed by atoms with Crippen LogP contribution >= 0.6 is 35.0 Å². The number of amides is 2. The molecule has 0 radical (unpaired) electrons. The number of likely N-dealkylation sites (N-methyl/N-ethyl adjacent to an activating group) is 1. The maximum Gasteiger partial charge on any atom is 0.264 e. The number of nitrogens with zero attached hydrogens (tertiary/aromatic N) is 2. The van der Waals surface area contributed by atoms with E-state index in [0.29, 0.717) is 31.4 Å². The Labute approximate surface area is 163 Å². The van der Waals surface area contributed by atoms with Crippen molar-refractivity contribution in [2.45, 2.75) is 0 Å². The fraction of sp³-hybridized carbons (Fsp3) is 0.0556. The molecule has 0 unspecified atom stereocenters. The molecule has 4 rings (SSSR count). The predicted molar refractivity (Wildman–Crippen MR) is 106 cm³/mol. The van der Waals surface area contributed by atoms with Gasteiger partial charge in [0.05, 0.1) is 21.9 Å². The van der Waals surface area contributed by atoms with Gasteiger partial charge in [0, 0.05) is 22.7 Å². The third kappa shape index (κ3) is 2.90. The highest BCUT2D eigenvalue weighted by Crippen LogP contribution is 2.42. The molecule has 5 nitrogen and oxygen atoms in total. The lowest BCUT2D eigenvalue weighted by Crippen LogP contribution is -2.23. The van der Waals surface area contributed by atoms with E-state index in [1.54, 1.807) is 25.2 Å². The average Bonchev–Trinajstić information content (AvgIpc) is 3.05. The number of carbonyl (C=O) groups excluding carboxylic acids is 2. The summed E-state index contributed by atoms with van der Waals surface area (Å²) in [5.41, 5.74) is 2.43. The van der Waals surface area contributed by atoms with Gasteiger partial charge in [-0.05, 0) is 36.0 Å². The number of para-hydroxylation sites is 1. The number of rotatable bonds is 1. The van der Waals surface area contributed by atoms with Crippen molar-refractivity contribution in [3.63, 3.8) is 0 Å². The van der Waals surface area contributed by atoms with Crippen molar-refractivity contribution in [1.29, 1.82) is 0 Å². The smallest absolute Gasteiger partial charge is 0.264 e. The average molecular weight is 404 g/mol. The first-order valence-electron chi connectivity index (χ1n) is 7.60. The monoisotopic (exact) mass is 403 g/mol. The highest BCUT2D eigenvalue weighted by atomic mass is 35.5. The highest BCUT2D eigenvalue weighted by molar-refractivity contribution is 8.18. The largest absolute Gasteiger partial charge is 0.311 e. The lowest BCUT2D eigenvalue weighted by Gasteiger charge is -2.08. The lowest BCUT2D eigenvalue weighted by atomic mass is 10.1. The van der Waals surface area contributed by atoms with Crippen LogP contribution in [0.1, 0.15) is 5.56 Å². The molecule has 8 heteroatoms. The molecule has 26 heavy (non-hydrogen) atoms. The third-order valence-corrected chi connectivity index (χ3v) is 5.40. The Morgan fingerprint density at radius 1 is 1.08 bits per heavy atom. The Morgan fingerprint density at radius 3 is 2.50 bits per heavy atom. The minimum Gasteiger partial charge on any atom is -0.311 e. The molecule has 1 saturated heterocycles. The molecule has 0 saturated carbocycles. The standard InChI is InChI=1S/C18H11Cl2N3O2S/c1-23-13-5-3-2-4-12(13)14(17(23)25)15-16(24)22-18(26-15)21-11-7-9(19)6-10(20)8-11/h2-8H,1H3,(H,21,22,24)/b15-14+. The number of fused-ring (bicyclic) bond motifs is 1. The van der Waals surface area contributed by atoms with Gasteiger partial charge in [0.25, 0.3) is 11.8 Å². The number of benzene rings is 2. The number of hydrogen-bond donors (Lipinski definition) is 1. The summed E-state index contributed by atoms with van der Waals surface area (Å²) in [5, 5.41) is 3.97. The third-order valence-electron chi connectivity index (χ3n) is 3.98. The second kappa shape index (κ2) is 6.46. The molecule has 2 aliphatic heterocycles. The van der Waals surface area contributed by atoms with E-state index in [-0.39, 0.29) is 11.8 Å². The zero-order valence-electron chi connectivity index (χ0n) is 13.4. The van der Waals surface area contributed by atoms with Gasteiger partial charge in [0.2, 0.25) is 0 Å². The molecule has 0 atom stereocenters. The van der Waals surface area contributed by atoms with Gasteiger partial charge >= 0.3 is 0 Å². The maximum absolute atomic E-state index is 12.6. The zero-order valence-corrected chi connectivity index (χ0v) is 15.7. The number of hydrogen-bond acceptors (Lipinski definition) is 4. The molecule has 0 aromatic heterocycles. The van der Waals surface area contributed by atoms with Gasteiger partial charge < -0.3 is 10.2 Å². The van der Waals surface area contributed by atoms with Gasteiger partial charge in [-0.1, -0.05) is 41.4 Å². The summed E-state index contributed by atoms with van der Waals surface area (Å²) >= 11 is 13.1. The SMILES string of the molecule is CN1C(=O)/C(=C2/SC(=Nc3cc(Cl)cc(Cl)c3)NC2=O)c2ccccc21. The van der Waals surface area contributed by atoms with E-state index in [4.69, 9.17) is 23.2 Å². The van der Waals surface area contributed by atoms with Crippen LogP contribution in [0.2, 0.25) is 10.0 Å². The van der Waals surface area contributed by atoms with Gasteiger partial charge in [-0.25, -0.2) is 4.99 Å². The Morgan fingerprint density at radius 2 is 1.77 bits per heavy atom. The molecule has 2 amide bonds. The first-order chi connectivity index (χ1) is 12.4. The van der Waals surface area contributed by atoms with Gasteiger partial charge in [-0.15, -0.1) is 0 Å². The number of amidine groups is 1. The minimum absolute atomic E-state index is 0.212. The van der Waals surface area contributed by atoms with Crippen molar-refractivity contribution in [1.82, 2.24) is 5.32 Å². The van der Waals surface area contributed by atoms with Gasteiger partial charge in [-0.3, -0.25) is 9.59 Å². The molecule has 2 heterocycles. The number of nitrogens with one attached hydrogen (secondary N) is 1. The summed E-state index contributed by atoms with van der Waals surface area (Å²) in [7, 11) is 1.69. The molecule has 0 spiro atoms. The zero-order chi connectivity index (χ0) is 18.4. The summed E-state index contributed by atoms with van der Waals surface area (Å²) in [6, 6.07) is 12.3. The molecule has 2 aromatic carbocycles. The maximum atomic E-state index is 12.6. The van der Waals surface area contributed by atoms with Crippen LogP contribution < -0.4 is 10.2 Å². The summed E-state index contributed by atoms with van der Waals surface area (Å²) < 4.78 is 0. The normalized spacial score (nSPS) is 20.7. The molecule has 1 fully saturated rings. The van der Waals surface area contributed by atoms with Crippen LogP contribution in [0, 0.1) is 0 Å². The van der Waals surface area contributed by atoms with Crippen LogP contribution in [0.3, 0.4) is 0 Å². The van der Waals surface area contributed by atoms with Gasteiger partial charge in [-0.2, -0.15) is 0 Å². The number of thioether (sulfide) groups is 1. The number of halogens is 2. The van der Waals surface area contributed by atoms with Crippen molar-refractivity contribution in [3.05, 3.63) is 63.0 Å². The first kappa shape index (κ1) is 17.1. The fourth-order valence-electron chi connectivity index (χ4n) is 2.85. The van der Waals surface area contributed by atoms with E-state index < -0.39 is 0 Å². The van der Waals surface area contributed by atoms with Crippen molar-refractivity contribution < 1.29 is 9.59 Å². The topological polar surface area (TPSA) is 61.8 Å². The molecular weight excluding hydrogens is 393 g/mol.